The number of hydrogen-bond donors (Lipinski definition) is 1. The van der Waals surface area contributed by atoms with E-state index >= 15 is 0 Å². The number of carbonyl (C=O) groups excluding carboxylic acids is 1. The minimum Gasteiger partial charge on any atom is -0.366 e. The van der Waals surface area contributed by atoms with Gasteiger partial charge in [-0.1, -0.05) is 13.8 Å². The van der Waals surface area contributed by atoms with Crippen LogP contribution in [-0.2, 0) is 4.79 Å². The summed E-state index contributed by atoms with van der Waals surface area (Å²) >= 11 is 0. The summed E-state index contributed by atoms with van der Waals surface area (Å²) in [5.74, 6) is -0.556. The molecule has 0 bridgehead atoms. The number of pyridine rings is 1. The standard InChI is InChI=1S/C17H21F2N3O2/c1-4-17(3,15(18)19)16(24)22-9-10(2)5-13(22)12-8-21-7-11(6-20)14(12)23/h7-8,10,13,15H,4-5,9H2,1-3H3,(H,21,23)/t10-,13+,17?/m1/s1. The second kappa shape index (κ2) is 6.71. The van der Waals surface area contributed by atoms with Crippen molar-refractivity contribution in [1.82, 2.24) is 9.88 Å². The molecule has 1 amide bonds. The molecule has 24 heavy (non-hydrogen) atoms. The van der Waals surface area contributed by atoms with E-state index in [1.165, 1.54) is 24.2 Å². The van der Waals surface area contributed by atoms with Crippen LogP contribution in [0.3, 0.4) is 0 Å². The zero-order chi connectivity index (χ0) is 18.1. The molecule has 1 aliphatic heterocycles. The number of aromatic nitrogens is 1. The van der Waals surface area contributed by atoms with Crippen LogP contribution in [0.4, 0.5) is 8.78 Å². The van der Waals surface area contributed by atoms with Crippen LogP contribution >= 0.6 is 0 Å². The van der Waals surface area contributed by atoms with Crippen LogP contribution in [0.15, 0.2) is 17.2 Å². The SMILES string of the molecule is CCC(C)(C(=O)N1C[C@H](C)C[C@H]1c1c[nH]cc(C#N)c1=O)C(F)F. The third-order valence-corrected chi connectivity index (χ3v) is 4.93. The average molecular weight is 337 g/mol. The van der Waals surface area contributed by atoms with E-state index in [1.54, 1.807) is 13.0 Å². The molecule has 1 aromatic heterocycles. The van der Waals surface area contributed by atoms with Crippen molar-refractivity contribution in [3.8, 4) is 6.07 Å². The summed E-state index contributed by atoms with van der Waals surface area (Å²) in [5, 5.41) is 9.00. The molecular weight excluding hydrogens is 316 g/mol. The van der Waals surface area contributed by atoms with Crippen molar-refractivity contribution in [2.45, 2.75) is 46.1 Å². The molecule has 0 radical (unpaired) electrons. The summed E-state index contributed by atoms with van der Waals surface area (Å²) in [6.07, 6.45) is 0.488. The van der Waals surface area contributed by atoms with E-state index in [2.05, 4.69) is 4.98 Å². The Bertz CT molecular complexity index is 725. The average Bonchev–Trinajstić information content (AvgIpc) is 2.94. The highest BCUT2D eigenvalue weighted by Gasteiger charge is 2.47. The molecule has 130 valence electrons. The monoisotopic (exact) mass is 337 g/mol. The van der Waals surface area contributed by atoms with Crippen LogP contribution in [0.25, 0.3) is 0 Å². The number of alkyl halides is 2. The number of hydrogen-bond acceptors (Lipinski definition) is 3. The number of rotatable bonds is 4. The Hall–Kier alpha value is -2.23. The number of nitrogens with one attached hydrogen (secondary N) is 1. The predicted octanol–water partition coefficient (Wildman–Crippen LogP) is 2.84. The summed E-state index contributed by atoms with van der Waals surface area (Å²) < 4.78 is 26.9. The van der Waals surface area contributed by atoms with Gasteiger partial charge in [0, 0.05) is 24.5 Å². The van der Waals surface area contributed by atoms with Crippen LogP contribution in [0.2, 0.25) is 0 Å². The highest BCUT2D eigenvalue weighted by Crippen LogP contribution is 2.40. The third-order valence-electron chi connectivity index (χ3n) is 4.93. The Labute approximate surface area is 139 Å². The minimum absolute atomic E-state index is 0.00962. The lowest BCUT2D eigenvalue weighted by Gasteiger charge is -2.34. The van der Waals surface area contributed by atoms with Crippen molar-refractivity contribution in [2.75, 3.05) is 6.54 Å². The number of nitrogens with zero attached hydrogens (tertiary/aromatic N) is 2. The number of halogens is 2. The summed E-state index contributed by atoms with van der Waals surface area (Å²) in [6.45, 7) is 5.05. The Morgan fingerprint density at radius 1 is 1.54 bits per heavy atom. The van der Waals surface area contributed by atoms with Gasteiger partial charge in [0.2, 0.25) is 11.3 Å². The van der Waals surface area contributed by atoms with E-state index in [4.69, 9.17) is 5.26 Å². The van der Waals surface area contributed by atoms with Crippen LogP contribution in [0.5, 0.6) is 0 Å². The second-order valence-electron chi connectivity index (χ2n) is 6.65. The fourth-order valence-corrected chi connectivity index (χ4v) is 3.12. The predicted molar refractivity (Wildman–Crippen MR) is 84.4 cm³/mol. The van der Waals surface area contributed by atoms with Gasteiger partial charge in [0.25, 0.3) is 6.43 Å². The lowest BCUT2D eigenvalue weighted by molar-refractivity contribution is -0.152. The first-order chi connectivity index (χ1) is 11.3. The van der Waals surface area contributed by atoms with Crippen LogP contribution in [0, 0.1) is 22.7 Å². The first-order valence-corrected chi connectivity index (χ1v) is 7.96. The van der Waals surface area contributed by atoms with Gasteiger partial charge in [-0.3, -0.25) is 9.59 Å². The Morgan fingerprint density at radius 2 is 2.21 bits per heavy atom. The van der Waals surface area contributed by atoms with Gasteiger partial charge in [0.1, 0.15) is 17.0 Å². The van der Waals surface area contributed by atoms with Gasteiger partial charge in [-0.25, -0.2) is 8.78 Å². The van der Waals surface area contributed by atoms with Crippen molar-refractivity contribution in [1.29, 1.82) is 5.26 Å². The molecule has 1 fully saturated rings. The molecule has 1 N–H and O–H groups in total. The maximum absolute atomic E-state index is 13.5. The van der Waals surface area contributed by atoms with Crippen molar-refractivity contribution in [3.05, 3.63) is 33.7 Å². The molecule has 0 spiro atoms. The topological polar surface area (TPSA) is 77.0 Å². The van der Waals surface area contributed by atoms with E-state index in [-0.39, 0.29) is 23.5 Å². The smallest absolute Gasteiger partial charge is 0.252 e. The van der Waals surface area contributed by atoms with Crippen molar-refractivity contribution in [2.24, 2.45) is 11.3 Å². The lowest BCUT2D eigenvalue weighted by atomic mass is 9.85. The third kappa shape index (κ3) is 2.93. The molecule has 1 unspecified atom stereocenters. The molecule has 1 aromatic rings. The molecule has 3 atom stereocenters. The summed E-state index contributed by atoms with van der Waals surface area (Å²) in [5.41, 5.74) is -2.00. The Kier molecular flexibility index (Phi) is 5.07. The van der Waals surface area contributed by atoms with Crippen LogP contribution in [-0.4, -0.2) is 28.8 Å². The Balaban J connectivity index is 2.46. The van der Waals surface area contributed by atoms with E-state index in [1.807, 2.05) is 6.92 Å². The first-order valence-electron chi connectivity index (χ1n) is 7.96. The molecule has 2 heterocycles. The second-order valence-corrected chi connectivity index (χ2v) is 6.65. The van der Waals surface area contributed by atoms with E-state index in [0.717, 1.165) is 0 Å². The molecule has 0 saturated carbocycles. The van der Waals surface area contributed by atoms with Gasteiger partial charge in [-0.05, 0) is 25.7 Å². The molecule has 0 aromatic carbocycles. The van der Waals surface area contributed by atoms with E-state index in [9.17, 15) is 18.4 Å². The van der Waals surface area contributed by atoms with Gasteiger partial charge in [-0.2, -0.15) is 5.26 Å². The highest BCUT2D eigenvalue weighted by molar-refractivity contribution is 5.83. The summed E-state index contributed by atoms with van der Waals surface area (Å²) in [6, 6.07) is 1.22. The maximum Gasteiger partial charge on any atom is 0.252 e. The van der Waals surface area contributed by atoms with Crippen molar-refractivity contribution < 1.29 is 13.6 Å². The highest BCUT2D eigenvalue weighted by atomic mass is 19.3. The molecule has 1 saturated heterocycles. The zero-order valence-corrected chi connectivity index (χ0v) is 14.0. The number of amides is 1. The van der Waals surface area contributed by atoms with Crippen LogP contribution < -0.4 is 5.43 Å². The van der Waals surface area contributed by atoms with Gasteiger partial charge in [0.15, 0.2) is 0 Å². The van der Waals surface area contributed by atoms with E-state index in [0.29, 0.717) is 13.0 Å². The molecule has 7 heteroatoms. The molecule has 2 rings (SSSR count). The zero-order valence-electron chi connectivity index (χ0n) is 14.0. The maximum atomic E-state index is 13.5. The number of likely N-dealkylation sites (tertiary alicyclic amines) is 1. The van der Waals surface area contributed by atoms with Gasteiger partial charge in [0.05, 0.1) is 6.04 Å². The number of nitriles is 1. The number of H-pyrrole nitrogens is 1. The number of aromatic amines is 1. The molecular formula is C17H21F2N3O2. The summed E-state index contributed by atoms with van der Waals surface area (Å²) in [7, 11) is 0. The molecule has 5 nitrogen and oxygen atoms in total. The quantitative estimate of drug-likeness (QED) is 0.918. The summed E-state index contributed by atoms with van der Waals surface area (Å²) in [4.78, 5) is 29.3. The molecule has 0 aliphatic carbocycles. The first kappa shape index (κ1) is 18.1. The number of carbonyl (C=O) groups is 1. The molecule has 1 aliphatic rings. The fraction of sp³-hybridized carbons (Fsp3) is 0.588. The normalized spacial score (nSPS) is 23.1. The largest absolute Gasteiger partial charge is 0.366 e. The Morgan fingerprint density at radius 3 is 2.75 bits per heavy atom. The van der Waals surface area contributed by atoms with Gasteiger partial charge in [-0.15, -0.1) is 0 Å². The lowest BCUT2D eigenvalue weighted by Crippen LogP contribution is -2.46. The van der Waals surface area contributed by atoms with Gasteiger partial charge < -0.3 is 9.88 Å². The van der Waals surface area contributed by atoms with Gasteiger partial charge >= 0.3 is 0 Å². The van der Waals surface area contributed by atoms with E-state index < -0.39 is 29.2 Å². The van der Waals surface area contributed by atoms with Crippen molar-refractivity contribution in [3.63, 3.8) is 0 Å². The fourth-order valence-electron chi connectivity index (χ4n) is 3.12. The minimum atomic E-state index is -2.78. The van der Waals surface area contributed by atoms with Crippen molar-refractivity contribution >= 4 is 5.91 Å². The van der Waals surface area contributed by atoms with Crippen LogP contribution in [0.1, 0.15) is 50.8 Å².